The van der Waals surface area contributed by atoms with Gasteiger partial charge < -0.3 is 5.11 Å². The summed E-state index contributed by atoms with van der Waals surface area (Å²) in [4.78, 5) is 5.81. The number of thiazole rings is 1. The molecule has 86 valence electrons. The lowest BCUT2D eigenvalue weighted by Crippen LogP contribution is -2.10. The van der Waals surface area contributed by atoms with E-state index < -0.39 is 0 Å². The average molecular weight is 253 g/mol. The van der Waals surface area contributed by atoms with Crippen LogP contribution in [-0.2, 0) is 0 Å². The molecule has 2 aromatic heterocycles. The molecule has 1 N–H and O–H groups in total. The first-order valence-electron chi connectivity index (χ1n) is 5.32. The Hall–Kier alpha value is -0.710. The van der Waals surface area contributed by atoms with E-state index in [1.165, 1.54) is 4.88 Å². The van der Waals surface area contributed by atoms with E-state index in [0.717, 1.165) is 10.7 Å². The lowest BCUT2D eigenvalue weighted by Gasteiger charge is -2.14. The summed E-state index contributed by atoms with van der Waals surface area (Å²) in [5, 5.41) is 14.5. The SMILES string of the molecule is CC(C)C(CO)c1nc(-c2cccs2)cs1. The number of aliphatic hydroxyl groups excluding tert-OH is 1. The van der Waals surface area contributed by atoms with Gasteiger partial charge in [-0.1, -0.05) is 19.9 Å². The first-order chi connectivity index (χ1) is 7.72. The van der Waals surface area contributed by atoms with Crippen LogP contribution in [0.4, 0.5) is 0 Å². The molecule has 0 saturated heterocycles. The first-order valence-corrected chi connectivity index (χ1v) is 7.08. The largest absolute Gasteiger partial charge is 0.396 e. The van der Waals surface area contributed by atoms with Gasteiger partial charge in [0.25, 0.3) is 0 Å². The third-order valence-corrected chi connectivity index (χ3v) is 4.48. The van der Waals surface area contributed by atoms with Crippen LogP contribution in [0.15, 0.2) is 22.9 Å². The Morgan fingerprint density at radius 2 is 2.19 bits per heavy atom. The Bertz CT molecular complexity index is 434. The number of hydrogen-bond donors (Lipinski definition) is 1. The summed E-state index contributed by atoms with van der Waals surface area (Å²) in [6.45, 7) is 4.41. The van der Waals surface area contributed by atoms with Crippen LogP contribution < -0.4 is 0 Å². The van der Waals surface area contributed by atoms with Crippen LogP contribution >= 0.6 is 22.7 Å². The van der Waals surface area contributed by atoms with Gasteiger partial charge in [-0.15, -0.1) is 22.7 Å². The van der Waals surface area contributed by atoms with Crippen molar-refractivity contribution >= 4 is 22.7 Å². The van der Waals surface area contributed by atoms with Crippen LogP contribution in [0.3, 0.4) is 0 Å². The van der Waals surface area contributed by atoms with Crippen molar-refractivity contribution in [2.45, 2.75) is 19.8 Å². The van der Waals surface area contributed by atoms with E-state index in [2.05, 4.69) is 35.7 Å². The van der Waals surface area contributed by atoms with E-state index in [1.54, 1.807) is 22.7 Å². The molecule has 16 heavy (non-hydrogen) atoms. The van der Waals surface area contributed by atoms with Gasteiger partial charge in [-0.2, -0.15) is 0 Å². The second-order valence-electron chi connectivity index (χ2n) is 4.08. The molecule has 0 spiro atoms. The highest BCUT2D eigenvalue weighted by Gasteiger charge is 2.18. The Morgan fingerprint density at radius 3 is 2.75 bits per heavy atom. The minimum absolute atomic E-state index is 0.165. The topological polar surface area (TPSA) is 33.1 Å². The van der Waals surface area contributed by atoms with E-state index in [4.69, 9.17) is 0 Å². The molecule has 0 aliphatic carbocycles. The first kappa shape index (κ1) is 11.8. The number of aromatic nitrogens is 1. The van der Waals surface area contributed by atoms with Crippen molar-refractivity contribution in [3.05, 3.63) is 27.9 Å². The summed E-state index contributed by atoms with van der Waals surface area (Å²) < 4.78 is 0. The van der Waals surface area contributed by atoms with Gasteiger partial charge in [-0.05, 0) is 17.4 Å². The Balaban J connectivity index is 2.25. The summed E-state index contributed by atoms with van der Waals surface area (Å²) in [5.74, 6) is 0.589. The van der Waals surface area contributed by atoms with E-state index in [9.17, 15) is 5.11 Å². The van der Waals surface area contributed by atoms with Gasteiger partial charge in [0.1, 0.15) is 0 Å². The molecule has 0 amide bonds. The molecule has 2 aromatic rings. The molecule has 4 heteroatoms. The summed E-state index contributed by atoms with van der Waals surface area (Å²) in [6, 6.07) is 4.11. The zero-order valence-electron chi connectivity index (χ0n) is 9.38. The highest BCUT2D eigenvalue weighted by Crippen LogP contribution is 2.31. The lowest BCUT2D eigenvalue weighted by atomic mass is 9.98. The third-order valence-electron chi connectivity index (χ3n) is 2.61. The lowest BCUT2D eigenvalue weighted by molar-refractivity contribution is 0.237. The molecule has 0 fully saturated rings. The van der Waals surface area contributed by atoms with E-state index in [1.807, 2.05) is 6.07 Å². The van der Waals surface area contributed by atoms with Crippen molar-refractivity contribution in [1.82, 2.24) is 4.98 Å². The predicted octanol–water partition coefficient (Wildman–Crippen LogP) is 3.60. The van der Waals surface area contributed by atoms with Crippen LogP contribution in [0.1, 0.15) is 24.8 Å². The van der Waals surface area contributed by atoms with Crippen molar-refractivity contribution in [2.75, 3.05) is 6.61 Å². The van der Waals surface area contributed by atoms with Crippen molar-refractivity contribution in [1.29, 1.82) is 0 Å². The highest BCUT2D eigenvalue weighted by molar-refractivity contribution is 7.14. The molecule has 0 aliphatic heterocycles. The summed E-state index contributed by atoms with van der Waals surface area (Å²) in [7, 11) is 0. The average Bonchev–Trinajstić information content (AvgIpc) is 2.86. The third kappa shape index (κ3) is 2.34. The Labute approximate surface area is 104 Å². The van der Waals surface area contributed by atoms with Crippen molar-refractivity contribution in [2.24, 2.45) is 5.92 Å². The Kier molecular flexibility index (Phi) is 3.74. The number of thiophene rings is 1. The van der Waals surface area contributed by atoms with Gasteiger partial charge in [-0.3, -0.25) is 0 Å². The van der Waals surface area contributed by atoms with Gasteiger partial charge in [0, 0.05) is 11.3 Å². The number of aliphatic hydroxyl groups is 1. The van der Waals surface area contributed by atoms with Gasteiger partial charge in [-0.25, -0.2) is 4.98 Å². The number of nitrogens with zero attached hydrogens (tertiary/aromatic N) is 1. The summed E-state index contributed by atoms with van der Waals surface area (Å²) in [6.07, 6.45) is 0. The van der Waals surface area contributed by atoms with Gasteiger partial charge in [0.15, 0.2) is 0 Å². The van der Waals surface area contributed by atoms with Crippen LogP contribution in [0.5, 0.6) is 0 Å². The van der Waals surface area contributed by atoms with E-state index >= 15 is 0 Å². The minimum Gasteiger partial charge on any atom is -0.396 e. The smallest absolute Gasteiger partial charge is 0.0989 e. The molecule has 2 nitrogen and oxygen atoms in total. The Morgan fingerprint density at radius 1 is 1.38 bits per heavy atom. The molecular weight excluding hydrogens is 238 g/mol. The second kappa shape index (κ2) is 5.08. The molecule has 0 bridgehead atoms. The predicted molar refractivity (Wildman–Crippen MR) is 70.1 cm³/mol. The fourth-order valence-corrected chi connectivity index (χ4v) is 3.41. The van der Waals surface area contributed by atoms with Crippen molar-refractivity contribution < 1.29 is 5.11 Å². The fraction of sp³-hybridized carbons (Fsp3) is 0.417. The molecule has 1 atom stereocenters. The highest BCUT2D eigenvalue weighted by atomic mass is 32.1. The standard InChI is InChI=1S/C12H15NOS2/c1-8(2)9(6-14)12-13-10(7-16-12)11-4-3-5-15-11/h3-5,7-9,14H,6H2,1-2H3. The number of rotatable bonds is 4. The molecule has 2 rings (SSSR count). The van der Waals surface area contributed by atoms with E-state index in [-0.39, 0.29) is 12.5 Å². The molecule has 0 saturated carbocycles. The summed E-state index contributed by atoms with van der Waals surface area (Å²) >= 11 is 3.34. The van der Waals surface area contributed by atoms with Gasteiger partial charge in [0.05, 0.1) is 22.2 Å². The van der Waals surface area contributed by atoms with Gasteiger partial charge in [0.2, 0.25) is 0 Å². The van der Waals surface area contributed by atoms with Crippen LogP contribution in [0, 0.1) is 5.92 Å². The molecule has 1 unspecified atom stereocenters. The molecule has 0 aliphatic rings. The van der Waals surface area contributed by atoms with Crippen LogP contribution in [0.25, 0.3) is 10.6 Å². The minimum atomic E-state index is 0.165. The zero-order valence-corrected chi connectivity index (χ0v) is 11.0. The molecule has 0 aromatic carbocycles. The maximum Gasteiger partial charge on any atom is 0.0989 e. The molecule has 2 heterocycles. The summed E-state index contributed by atoms with van der Waals surface area (Å²) in [5.41, 5.74) is 1.04. The fourth-order valence-electron chi connectivity index (χ4n) is 1.57. The number of hydrogen-bond acceptors (Lipinski definition) is 4. The van der Waals surface area contributed by atoms with E-state index in [0.29, 0.717) is 5.92 Å². The van der Waals surface area contributed by atoms with Crippen LogP contribution in [-0.4, -0.2) is 16.7 Å². The normalized spacial score (nSPS) is 13.2. The maximum atomic E-state index is 9.36. The molecule has 0 radical (unpaired) electrons. The quantitative estimate of drug-likeness (QED) is 0.903. The van der Waals surface area contributed by atoms with Gasteiger partial charge >= 0.3 is 0 Å². The zero-order chi connectivity index (χ0) is 11.5. The maximum absolute atomic E-state index is 9.36. The van der Waals surface area contributed by atoms with Crippen molar-refractivity contribution in [3.63, 3.8) is 0 Å². The monoisotopic (exact) mass is 253 g/mol. The molecular formula is C12H15NOS2. The van der Waals surface area contributed by atoms with Crippen molar-refractivity contribution in [3.8, 4) is 10.6 Å². The van der Waals surface area contributed by atoms with Crippen LogP contribution in [0.2, 0.25) is 0 Å². The second-order valence-corrected chi connectivity index (χ2v) is 5.92.